The molecule has 1 aliphatic carbocycles. The van der Waals surface area contributed by atoms with Gasteiger partial charge in [-0.25, -0.2) is 18.1 Å². The highest BCUT2D eigenvalue weighted by Crippen LogP contribution is 2.31. The Labute approximate surface area is 111 Å². The van der Waals surface area contributed by atoms with Crippen LogP contribution in [-0.2, 0) is 26.1 Å². The van der Waals surface area contributed by atoms with Gasteiger partial charge in [-0.05, 0) is 12.8 Å². The molecule has 0 amide bonds. The molecule has 19 heavy (non-hydrogen) atoms. The van der Waals surface area contributed by atoms with Gasteiger partial charge in [0.15, 0.2) is 0 Å². The zero-order valence-electron chi connectivity index (χ0n) is 10.6. The first-order chi connectivity index (χ1) is 9.04. The summed E-state index contributed by atoms with van der Waals surface area (Å²) in [5.41, 5.74) is 0. The number of sulfonamides is 1. The fourth-order valence-corrected chi connectivity index (χ4v) is 4.10. The first-order valence-electron chi connectivity index (χ1n) is 6.09. The average Bonchev–Trinajstić information content (AvgIpc) is 3.06. The third kappa shape index (κ3) is 3.13. The van der Waals surface area contributed by atoms with Crippen molar-refractivity contribution in [2.75, 3.05) is 7.11 Å². The number of nitrogens with zero attached hydrogens (tertiary/aromatic N) is 1. The number of rotatable bonds is 5. The fraction of sp³-hybridized carbons (Fsp3) is 0.636. The maximum absolute atomic E-state index is 12.2. The van der Waals surface area contributed by atoms with E-state index in [9.17, 15) is 13.2 Å². The summed E-state index contributed by atoms with van der Waals surface area (Å²) < 4.78 is 31.5. The van der Waals surface area contributed by atoms with Crippen LogP contribution in [0.1, 0.15) is 25.1 Å². The van der Waals surface area contributed by atoms with Crippen LogP contribution >= 0.6 is 0 Å². The van der Waals surface area contributed by atoms with Crippen molar-refractivity contribution < 1.29 is 17.9 Å². The normalized spacial score (nSPS) is 23.4. The third-order valence-electron chi connectivity index (χ3n) is 3.35. The summed E-state index contributed by atoms with van der Waals surface area (Å²) in [4.78, 5) is 18.3. The number of nitrogens with one attached hydrogen (secondary N) is 2. The lowest BCUT2D eigenvalue weighted by molar-refractivity contribution is -0.145. The van der Waals surface area contributed by atoms with E-state index in [-0.39, 0.29) is 6.54 Å². The summed E-state index contributed by atoms with van der Waals surface area (Å²) in [5, 5.41) is -0.713. The molecule has 106 valence electrons. The number of aromatic amines is 1. The van der Waals surface area contributed by atoms with Gasteiger partial charge < -0.3 is 9.72 Å². The van der Waals surface area contributed by atoms with Crippen molar-refractivity contribution in [3.05, 3.63) is 18.2 Å². The van der Waals surface area contributed by atoms with Gasteiger partial charge in [0.2, 0.25) is 10.0 Å². The number of hydrogen-bond donors (Lipinski definition) is 2. The zero-order valence-corrected chi connectivity index (χ0v) is 11.4. The van der Waals surface area contributed by atoms with Crippen LogP contribution in [0, 0.1) is 5.92 Å². The highest BCUT2D eigenvalue weighted by atomic mass is 32.2. The Morgan fingerprint density at radius 1 is 1.58 bits per heavy atom. The molecule has 1 aromatic rings. The minimum Gasteiger partial charge on any atom is -0.469 e. The van der Waals surface area contributed by atoms with Crippen LogP contribution in [0.15, 0.2) is 12.4 Å². The van der Waals surface area contributed by atoms with Gasteiger partial charge in [-0.15, -0.1) is 0 Å². The van der Waals surface area contributed by atoms with E-state index in [4.69, 9.17) is 0 Å². The van der Waals surface area contributed by atoms with Gasteiger partial charge in [0, 0.05) is 12.4 Å². The average molecular weight is 287 g/mol. The molecule has 2 N–H and O–H groups in total. The molecule has 0 aromatic carbocycles. The minimum absolute atomic E-state index is 0.0970. The van der Waals surface area contributed by atoms with E-state index < -0.39 is 27.2 Å². The van der Waals surface area contributed by atoms with E-state index in [0.29, 0.717) is 25.1 Å². The molecule has 1 aliphatic rings. The topological polar surface area (TPSA) is 101 Å². The summed E-state index contributed by atoms with van der Waals surface area (Å²) in [6.07, 6.45) is 4.92. The Hall–Kier alpha value is -1.41. The highest BCUT2D eigenvalue weighted by Gasteiger charge is 2.42. The van der Waals surface area contributed by atoms with Crippen molar-refractivity contribution in [1.82, 2.24) is 14.7 Å². The number of esters is 1. The van der Waals surface area contributed by atoms with Crippen LogP contribution in [0.5, 0.6) is 0 Å². The Kier molecular flexibility index (Phi) is 4.20. The van der Waals surface area contributed by atoms with Crippen molar-refractivity contribution in [2.24, 2.45) is 5.92 Å². The summed E-state index contributed by atoms with van der Waals surface area (Å²) in [6.45, 7) is 0.0970. The summed E-state index contributed by atoms with van der Waals surface area (Å²) >= 11 is 0. The highest BCUT2D eigenvalue weighted by molar-refractivity contribution is 7.90. The van der Waals surface area contributed by atoms with Gasteiger partial charge in [0.05, 0.1) is 24.8 Å². The number of methoxy groups -OCH3 is 1. The molecule has 0 aliphatic heterocycles. The van der Waals surface area contributed by atoms with Gasteiger partial charge in [-0.2, -0.15) is 0 Å². The van der Waals surface area contributed by atoms with Crippen LogP contribution in [0.2, 0.25) is 0 Å². The maximum Gasteiger partial charge on any atom is 0.310 e. The van der Waals surface area contributed by atoms with Crippen LogP contribution in [0.25, 0.3) is 0 Å². The molecule has 7 nitrogen and oxygen atoms in total. The maximum atomic E-state index is 12.2. The smallest absolute Gasteiger partial charge is 0.310 e. The fourth-order valence-electron chi connectivity index (χ4n) is 2.39. The van der Waals surface area contributed by atoms with Crippen molar-refractivity contribution in [1.29, 1.82) is 0 Å². The van der Waals surface area contributed by atoms with Crippen molar-refractivity contribution in [3.8, 4) is 0 Å². The van der Waals surface area contributed by atoms with E-state index in [1.807, 2.05) is 0 Å². The number of imidazole rings is 1. The van der Waals surface area contributed by atoms with Crippen LogP contribution in [0.3, 0.4) is 0 Å². The predicted molar refractivity (Wildman–Crippen MR) is 67.5 cm³/mol. The summed E-state index contributed by atoms with van der Waals surface area (Å²) in [7, 11) is -2.27. The van der Waals surface area contributed by atoms with Crippen LogP contribution < -0.4 is 4.72 Å². The van der Waals surface area contributed by atoms with E-state index in [1.54, 1.807) is 12.4 Å². The van der Waals surface area contributed by atoms with Gasteiger partial charge >= 0.3 is 5.97 Å². The standard InChI is InChI=1S/C11H17N3O4S/c1-18-11(15)8-3-2-4-9(8)19(16,17)14-7-10-12-5-6-13-10/h5-6,8-9,14H,2-4,7H2,1H3,(H,12,13). The molecule has 1 aromatic heterocycles. The number of ether oxygens (including phenoxy) is 1. The molecule has 1 saturated carbocycles. The molecule has 0 spiro atoms. The van der Waals surface area contributed by atoms with Gasteiger partial charge in [0.25, 0.3) is 0 Å². The Morgan fingerprint density at radius 3 is 3.00 bits per heavy atom. The van der Waals surface area contributed by atoms with E-state index >= 15 is 0 Å². The largest absolute Gasteiger partial charge is 0.469 e. The molecular formula is C11H17N3O4S. The van der Waals surface area contributed by atoms with E-state index in [0.717, 1.165) is 0 Å². The Bertz CT molecular complexity index is 526. The third-order valence-corrected chi connectivity index (χ3v) is 5.26. The summed E-state index contributed by atoms with van der Waals surface area (Å²) in [5.74, 6) is -0.485. The lowest BCUT2D eigenvalue weighted by Crippen LogP contribution is -2.39. The quantitative estimate of drug-likeness (QED) is 0.752. The van der Waals surface area contributed by atoms with Gasteiger partial charge in [0.1, 0.15) is 5.82 Å². The molecule has 0 saturated heterocycles. The number of hydrogen-bond acceptors (Lipinski definition) is 5. The molecule has 2 atom stereocenters. The number of carbonyl (C=O) groups excluding carboxylic acids is 1. The second-order valence-corrected chi connectivity index (χ2v) is 6.49. The molecule has 8 heteroatoms. The SMILES string of the molecule is COC(=O)C1CCCC1S(=O)(=O)NCc1ncc[nH]1. The molecule has 1 fully saturated rings. The van der Waals surface area contributed by atoms with Crippen LogP contribution in [-0.4, -0.2) is 36.7 Å². The Morgan fingerprint density at radius 2 is 2.37 bits per heavy atom. The predicted octanol–water partition coefficient (Wildman–Crippen LogP) is 0.171. The van der Waals surface area contributed by atoms with Crippen molar-refractivity contribution in [2.45, 2.75) is 31.1 Å². The minimum atomic E-state index is -3.55. The van der Waals surface area contributed by atoms with E-state index in [2.05, 4.69) is 19.4 Å². The second kappa shape index (κ2) is 5.70. The van der Waals surface area contributed by atoms with E-state index in [1.165, 1.54) is 7.11 Å². The van der Waals surface area contributed by atoms with Crippen molar-refractivity contribution >= 4 is 16.0 Å². The first-order valence-corrected chi connectivity index (χ1v) is 7.64. The monoisotopic (exact) mass is 287 g/mol. The number of carbonyl (C=O) groups is 1. The second-order valence-electron chi connectivity index (χ2n) is 4.50. The number of H-pyrrole nitrogens is 1. The molecule has 0 bridgehead atoms. The Balaban J connectivity index is 2.04. The van der Waals surface area contributed by atoms with Crippen molar-refractivity contribution in [3.63, 3.8) is 0 Å². The molecule has 0 radical (unpaired) electrons. The summed E-state index contributed by atoms with van der Waals surface area (Å²) in [6, 6.07) is 0. The lowest BCUT2D eigenvalue weighted by Gasteiger charge is -2.18. The van der Waals surface area contributed by atoms with Gasteiger partial charge in [-0.1, -0.05) is 6.42 Å². The lowest BCUT2D eigenvalue weighted by atomic mass is 10.1. The molecule has 1 heterocycles. The molecule has 2 rings (SSSR count). The number of aromatic nitrogens is 2. The van der Waals surface area contributed by atoms with Crippen LogP contribution in [0.4, 0.5) is 0 Å². The first kappa shape index (κ1) is 14.0. The molecular weight excluding hydrogens is 270 g/mol. The van der Waals surface area contributed by atoms with Gasteiger partial charge in [-0.3, -0.25) is 4.79 Å². The molecule has 2 unspecified atom stereocenters. The zero-order chi connectivity index (χ0) is 13.9.